The predicted octanol–water partition coefficient (Wildman–Crippen LogP) is 2.01. The van der Waals surface area contributed by atoms with Crippen LogP contribution in [0.2, 0.25) is 0 Å². The molecule has 6 nitrogen and oxygen atoms in total. The van der Waals surface area contributed by atoms with Gasteiger partial charge in [0, 0.05) is 17.3 Å². The van der Waals surface area contributed by atoms with Crippen molar-refractivity contribution in [2.75, 3.05) is 0 Å². The fraction of sp³-hybridized carbons (Fsp3) is 0.312. The highest BCUT2D eigenvalue weighted by atomic mass is 16.6. The van der Waals surface area contributed by atoms with Gasteiger partial charge in [0.1, 0.15) is 5.75 Å². The summed E-state index contributed by atoms with van der Waals surface area (Å²) in [7, 11) is 0. The van der Waals surface area contributed by atoms with E-state index >= 15 is 0 Å². The molecular formula is C16H16N2O4. The quantitative estimate of drug-likeness (QED) is 0.850. The molecule has 0 unspecified atom stereocenters. The maximum absolute atomic E-state index is 12.5. The van der Waals surface area contributed by atoms with Crippen molar-refractivity contribution >= 4 is 6.09 Å². The molecule has 0 saturated heterocycles. The molecule has 114 valence electrons. The Morgan fingerprint density at radius 1 is 1.14 bits per heavy atom. The third-order valence-corrected chi connectivity index (χ3v) is 3.86. The standard InChI is InChI=1S/C16H16N2O4/c1-10-11(2)17(15(20)18(14(10)19)12-8-9-12)16(21)22-13-6-4-3-5-7-13/h3-7,12H,8-9H2,1-2H3. The number of aromatic nitrogens is 2. The van der Waals surface area contributed by atoms with Gasteiger partial charge in [-0.1, -0.05) is 18.2 Å². The number of rotatable bonds is 2. The largest absolute Gasteiger partial charge is 0.427 e. The molecule has 3 rings (SSSR count). The minimum atomic E-state index is -0.800. The van der Waals surface area contributed by atoms with Crippen molar-refractivity contribution in [3.63, 3.8) is 0 Å². The van der Waals surface area contributed by atoms with Gasteiger partial charge < -0.3 is 4.74 Å². The third-order valence-electron chi connectivity index (χ3n) is 3.86. The molecule has 0 radical (unpaired) electrons. The lowest BCUT2D eigenvalue weighted by Gasteiger charge is -2.14. The lowest BCUT2D eigenvalue weighted by molar-refractivity contribution is 0.199. The second kappa shape index (κ2) is 5.29. The molecule has 0 N–H and O–H groups in total. The van der Waals surface area contributed by atoms with Crippen LogP contribution in [0, 0.1) is 13.8 Å². The fourth-order valence-corrected chi connectivity index (χ4v) is 2.35. The summed E-state index contributed by atoms with van der Waals surface area (Å²) in [4.78, 5) is 37.1. The van der Waals surface area contributed by atoms with Gasteiger partial charge in [-0.05, 0) is 38.8 Å². The van der Waals surface area contributed by atoms with Gasteiger partial charge >= 0.3 is 11.8 Å². The van der Waals surface area contributed by atoms with Crippen molar-refractivity contribution in [1.29, 1.82) is 0 Å². The summed E-state index contributed by atoms with van der Waals surface area (Å²) in [6, 6.07) is 8.41. The van der Waals surface area contributed by atoms with Gasteiger partial charge in [0.15, 0.2) is 0 Å². The van der Waals surface area contributed by atoms with E-state index in [4.69, 9.17) is 4.74 Å². The Morgan fingerprint density at radius 3 is 2.36 bits per heavy atom. The van der Waals surface area contributed by atoms with Gasteiger partial charge in [-0.3, -0.25) is 9.36 Å². The van der Waals surface area contributed by atoms with Crippen LogP contribution >= 0.6 is 0 Å². The zero-order chi connectivity index (χ0) is 15.9. The number of hydrogen-bond acceptors (Lipinski definition) is 4. The average molecular weight is 300 g/mol. The Hall–Kier alpha value is -2.63. The SMILES string of the molecule is Cc1c(C)n(C(=O)Oc2ccccc2)c(=O)n(C2CC2)c1=O. The van der Waals surface area contributed by atoms with Crippen molar-refractivity contribution in [2.24, 2.45) is 0 Å². The second-order valence-electron chi connectivity index (χ2n) is 5.42. The van der Waals surface area contributed by atoms with Crippen molar-refractivity contribution in [2.45, 2.75) is 32.7 Å². The molecule has 0 aliphatic heterocycles. The zero-order valence-corrected chi connectivity index (χ0v) is 12.4. The number of nitrogens with zero attached hydrogens (tertiary/aromatic N) is 2. The normalized spacial score (nSPS) is 13.9. The molecule has 2 aromatic rings. The van der Waals surface area contributed by atoms with Crippen LogP contribution in [-0.4, -0.2) is 15.2 Å². The van der Waals surface area contributed by atoms with E-state index in [0.717, 1.165) is 22.0 Å². The zero-order valence-electron chi connectivity index (χ0n) is 12.4. The van der Waals surface area contributed by atoms with Crippen molar-refractivity contribution in [3.05, 3.63) is 62.4 Å². The number of benzene rings is 1. The molecule has 22 heavy (non-hydrogen) atoms. The molecule has 0 bridgehead atoms. The molecule has 1 fully saturated rings. The summed E-state index contributed by atoms with van der Waals surface area (Å²) in [5.74, 6) is 0.348. The monoisotopic (exact) mass is 300 g/mol. The van der Waals surface area contributed by atoms with E-state index in [0.29, 0.717) is 17.0 Å². The van der Waals surface area contributed by atoms with E-state index in [1.807, 2.05) is 0 Å². The maximum Gasteiger partial charge on any atom is 0.427 e. The van der Waals surface area contributed by atoms with Crippen LogP contribution in [0.25, 0.3) is 0 Å². The summed E-state index contributed by atoms with van der Waals surface area (Å²) in [5.41, 5.74) is -0.255. The molecule has 6 heteroatoms. The van der Waals surface area contributed by atoms with E-state index in [-0.39, 0.29) is 11.6 Å². The van der Waals surface area contributed by atoms with Crippen molar-refractivity contribution in [3.8, 4) is 5.75 Å². The molecule has 1 aromatic heterocycles. The van der Waals surface area contributed by atoms with Crippen LogP contribution in [0.4, 0.5) is 4.79 Å². The number of carbonyl (C=O) groups is 1. The molecule has 1 aromatic carbocycles. The highest BCUT2D eigenvalue weighted by Gasteiger charge is 2.30. The Morgan fingerprint density at radius 2 is 1.77 bits per heavy atom. The van der Waals surface area contributed by atoms with Crippen LogP contribution < -0.4 is 16.0 Å². The molecule has 1 saturated carbocycles. The first kappa shape index (κ1) is 14.3. The number of hydrogen-bond donors (Lipinski definition) is 0. The van der Waals surface area contributed by atoms with Crippen LogP contribution in [0.3, 0.4) is 0 Å². The maximum atomic E-state index is 12.5. The first-order valence-electron chi connectivity index (χ1n) is 7.12. The van der Waals surface area contributed by atoms with Crippen LogP contribution in [-0.2, 0) is 0 Å². The summed E-state index contributed by atoms with van der Waals surface area (Å²) in [6.07, 6.45) is 0.766. The molecule has 1 aliphatic rings. The second-order valence-corrected chi connectivity index (χ2v) is 5.42. The van der Waals surface area contributed by atoms with Gasteiger partial charge in [0.05, 0.1) is 0 Å². The lowest BCUT2D eigenvalue weighted by Crippen LogP contribution is -2.45. The average Bonchev–Trinajstić information content (AvgIpc) is 3.31. The van der Waals surface area contributed by atoms with E-state index in [1.54, 1.807) is 44.2 Å². The first-order valence-corrected chi connectivity index (χ1v) is 7.12. The molecule has 0 atom stereocenters. The van der Waals surface area contributed by atoms with Crippen molar-refractivity contribution in [1.82, 2.24) is 9.13 Å². The summed E-state index contributed by atoms with van der Waals surface area (Å²) < 4.78 is 7.31. The fourth-order valence-electron chi connectivity index (χ4n) is 2.35. The van der Waals surface area contributed by atoms with Gasteiger partial charge in [0.25, 0.3) is 5.56 Å². The topological polar surface area (TPSA) is 70.3 Å². The Balaban J connectivity index is 2.09. The van der Waals surface area contributed by atoms with Gasteiger partial charge in [0.2, 0.25) is 0 Å². The number of ether oxygens (including phenoxy) is 1. The molecule has 0 spiro atoms. The minimum Gasteiger partial charge on any atom is -0.410 e. The van der Waals surface area contributed by atoms with Crippen LogP contribution in [0.15, 0.2) is 39.9 Å². The Bertz CT molecular complexity index is 845. The van der Waals surface area contributed by atoms with Gasteiger partial charge in [-0.15, -0.1) is 0 Å². The van der Waals surface area contributed by atoms with E-state index in [9.17, 15) is 14.4 Å². The van der Waals surface area contributed by atoms with Crippen molar-refractivity contribution < 1.29 is 9.53 Å². The summed E-state index contributed by atoms with van der Waals surface area (Å²) in [6.45, 7) is 3.18. The molecule has 1 aliphatic carbocycles. The first-order chi connectivity index (χ1) is 10.5. The molecular weight excluding hydrogens is 284 g/mol. The smallest absolute Gasteiger partial charge is 0.410 e. The number of carbonyl (C=O) groups excluding carboxylic acids is 1. The van der Waals surface area contributed by atoms with E-state index in [2.05, 4.69) is 0 Å². The highest BCUT2D eigenvalue weighted by Crippen LogP contribution is 2.32. The third kappa shape index (κ3) is 2.36. The van der Waals surface area contributed by atoms with Gasteiger partial charge in [-0.25, -0.2) is 9.59 Å². The van der Waals surface area contributed by atoms with Crippen LogP contribution in [0.5, 0.6) is 5.75 Å². The van der Waals surface area contributed by atoms with Gasteiger partial charge in [-0.2, -0.15) is 4.57 Å². The molecule has 1 heterocycles. The summed E-state index contributed by atoms with van der Waals surface area (Å²) >= 11 is 0. The Labute approximate surface area is 126 Å². The summed E-state index contributed by atoms with van der Waals surface area (Å²) in [5, 5.41) is 0. The molecule has 0 amide bonds. The number of para-hydroxylation sites is 1. The van der Waals surface area contributed by atoms with E-state index in [1.165, 1.54) is 0 Å². The minimum absolute atomic E-state index is 0.102. The van der Waals surface area contributed by atoms with E-state index < -0.39 is 11.8 Å². The lowest BCUT2D eigenvalue weighted by atomic mass is 10.2. The predicted molar refractivity (Wildman–Crippen MR) is 80.6 cm³/mol. The van der Waals surface area contributed by atoms with Crippen LogP contribution in [0.1, 0.15) is 30.1 Å². The highest BCUT2D eigenvalue weighted by molar-refractivity contribution is 5.74. The Kier molecular flexibility index (Phi) is 3.44.